The molecule has 0 aliphatic heterocycles. The zero-order chi connectivity index (χ0) is 21.1. The zero-order valence-corrected chi connectivity index (χ0v) is 16.5. The summed E-state index contributed by atoms with van der Waals surface area (Å²) in [4.78, 5) is 14.8. The predicted octanol–water partition coefficient (Wildman–Crippen LogP) is 5.51. The average molecular weight is 401 g/mol. The Morgan fingerprint density at radius 2 is 1.80 bits per heavy atom. The number of hydrogen-bond acceptors (Lipinski definition) is 6. The minimum Gasteiger partial charge on any atom is -0.489 e. The van der Waals surface area contributed by atoms with Gasteiger partial charge < -0.3 is 9.26 Å². The van der Waals surface area contributed by atoms with Crippen LogP contribution in [-0.4, -0.2) is 15.1 Å². The Hall–Kier alpha value is -4.00. The first-order valence-corrected chi connectivity index (χ1v) is 9.37. The highest BCUT2D eigenvalue weighted by atomic mass is 16.6. The van der Waals surface area contributed by atoms with Crippen LogP contribution in [0, 0.1) is 24.0 Å². The molecule has 3 aromatic carbocycles. The number of aryl methyl sites for hydroxylation is 2. The van der Waals surface area contributed by atoms with Crippen molar-refractivity contribution in [2.45, 2.75) is 20.5 Å². The highest BCUT2D eigenvalue weighted by Crippen LogP contribution is 2.25. The van der Waals surface area contributed by atoms with Crippen molar-refractivity contribution < 1.29 is 14.2 Å². The molecule has 0 bridgehead atoms. The number of hydrogen-bond donors (Lipinski definition) is 0. The van der Waals surface area contributed by atoms with E-state index in [9.17, 15) is 10.1 Å². The largest absolute Gasteiger partial charge is 0.489 e. The molecule has 30 heavy (non-hydrogen) atoms. The van der Waals surface area contributed by atoms with Crippen LogP contribution < -0.4 is 4.74 Å². The van der Waals surface area contributed by atoms with Crippen LogP contribution in [0.4, 0.5) is 5.69 Å². The summed E-state index contributed by atoms with van der Waals surface area (Å²) in [6.45, 7) is 4.49. The van der Waals surface area contributed by atoms with Crippen molar-refractivity contribution in [2.24, 2.45) is 0 Å². The SMILES string of the molecule is Cc1ccc(OCc2cccc(-c3nc(-c4ccc([N+](=O)[O-])cc4)no3)c2)c(C)c1. The molecule has 0 fully saturated rings. The molecule has 150 valence electrons. The molecule has 0 radical (unpaired) electrons. The van der Waals surface area contributed by atoms with Gasteiger partial charge in [0.15, 0.2) is 0 Å². The fourth-order valence-corrected chi connectivity index (χ4v) is 3.11. The van der Waals surface area contributed by atoms with Gasteiger partial charge in [-0.25, -0.2) is 0 Å². The van der Waals surface area contributed by atoms with E-state index in [0.717, 1.165) is 22.4 Å². The number of benzene rings is 3. The third-order valence-electron chi connectivity index (χ3n) is 4.66. The van der Waals surface area contributed by atoms with E-state index in [1.807, 2.05) is 43.3 Å². The molecule has 0 N–H and O–H groups in total. The number of non-ortho nitro benzene ring substituents is 1. The molecule has 0 amide bonds. The number of nitrogens with zero attached hydrogens (tertiary/aromatic N) is 3. The molecule has 4 rings (SSSR count). The summed E-state index contributed by atoms with van der Waals surface area (Å²) in [5, 5.41) is 14.8. The molecule has 0 saturated heterocycles. The minimum atomic E-state index is -0.447. The van der Waals surface area contributed by atoms with Crippen molar-refractivity contribution in [3.05, 3.63) is 93.5 Å². The van der Waals surface area contributed by atoms with Gasteiger partial charge in [-0.15, -0.1) is 0 Å². The molecule has 0 aliphatic carbocycles. The van der Waals surface area contributed by atoms with Gasteiger partial charge in [0.2, 0.25) is 5.82 Å². The van der Waals surface area contributed by atoms with E-state index in [-0.39, 0.29) is 5.69 Å². The molecular formula is C23H19N3O4. The molecule has 1 aromatic heterocycles. The lowest BCUT2D eigenvalue weighted by atomic mass is 10.1. The van der Waals surface area contributed by atoms with Gasteiger partial charge in [-0.05, 0) is 55.3 Å². The van der Waals surface area contributed by atoms with E-state index >= 15 is 0 Å². The van der Waals surface area contributed by atoms with Gasteiger partial charge in [-0.2, -0.15) is 4.98 Å². The van der Waals surface area contributed by atoms with Gasteiger partial charge in [0.25, 0.3) is 11.6 Å². The van der Waals surface area contributed by atoms with Crippen molar-refractivity contribution in [3.8, 4) is 28.6 Å². The molecule has 0 aliphatic rings. The van der Waals surface area contributed by atoms with E-state index < -0.39 is 4.92 Å². The molecule has 4 aromatic rings. The predicted molar refractivity (Wildman–Crippen MR) is 112 cm³/mol. The number of nitro groups is 1. The third kappa shape index (κ3) is 4.20. The fraction of sp³-hybridized carbons (Fsp3) is 0.130. The first-order chi connectivity index (χ1) is 14.5. The molecule has 0 spiro atoms. The molecule has 0 unspecified atom stereocenters. The van der Waals surface area contributed by atoms with Crippen molar-refractivity contribution in [2.75, 3.05) is 0 Å². The van der Waals surface area contributed by atoms with Crippen LogP contribution in [0.25, 0.3) is 22.8 Å². The van der Waals surface area contributed by atoms with Crippen molar-refractivity contribution in [1.82, 2.24) is 10.1 Å². The zero-order valence-electron chi connectivity index (χ0n) is 16.5. The lowest BCUT2D eigenvalue weighted by molar-refractivity contribution is -0.384. The number of nitro benzene ring substituents is 1. The second-order valence-corrected chi connectivity index (χ2v) is 6.99. The second kappa shape index (κ2) is 8.16. The van der Waals surface area contributed by atoms with Gasteiger partial charge in [0, 0.05) is 23.3 Å². The molecule has 0 saturated carbocycles. The van der Waals surface area contributed by atoms with Gasteiger partial charge in [-0.3, -0.25) is 10.1 Å². The van der Waals surface area contributed by atoms with Crippen LogP contribution in [-0.2, 0) is 6.61 Å². The van der Waals surface area contributed by atoms with Crippen molar-refractivity contribution in [1.29, 1.82) is 0 Å². The Bertz CT molecular complexity index is 1200. The van der Waals surface area contributed by atoms with Gasteiger partial charge in [-0.1, -0.05) is 35.0 Å². The summed E-state index contributed by atoms with van der Waals surface area (Å²) in [6.07, 6.45) is 0. The Kier molecular flexibility index (Phi) is 5.26. The fourth-order valence-electron chi connectivity index (χ4n) is 3.11. The first kappa shape index (κ1) is 19.3. The minimum absolute atomic E-state index is 0.0129. The second-order valence-electron chi connectivity index (χ2n) is 6.99. The van der Waals surface area contributed by atoms with E-state index in [0.29, 0.717) is 23.9 Å². The standard InChI is InChI=1S/C23H19N3O4/c1-15-6-11-21(16(2)12-15)29-14-17-4-3-5-19(13-17)23-24-22(25-30-23)18-7-9-20(10-8-18)26(27)28/h3-13H,14H2,1-2H3. The van der Waals surface area contributed by atoms with Crippen LogP contribution in [0.2, 0.25) is 0 Å². The molecule has 1 heterocycles. The molecule has 0 atom stereocenters. The topological polar surface area (TPSA) is 91.3 Å². The smallest absolute Gasteiger partial charge is 0.269 e. The maximum absolute atomic E-state index is 10.8. The van der Waals surface area contributed by atoms with Gasteiger partial charge in [0.1, 0.15) is 12.4 Å². The van der Waals surface area contributed by atoms with E-state index in [2.05, 4.69) is 23.1 Å². The average Bonchev–Trinajstić information content (AvgIpc) is 3.24. The summed E-state index contributed by atoms with van der Waals surface area (Å²) in [5.74, 6) is 1.60. The van der Waals surface area contributed by atoms with Crippen LogP contribution in [0.15, 0.2) is 71.3 Å². The van der Waals surface area contributed by atoms with Gasteiger partial charge >= 0.3 is 0 Å². The van der Waals surface area contributed by atoms with E-state index in [1.54, 1.807) is 12.1 Å². The third-order valence-corrected chi connectivity index (χ3v) is 4.66. The Balaban J connectivity index is 1.50. The lowest BCUT2D eigenvalue weighted by Crippen LogP contribution is -1.97. The quantitative estimate of drug-likeness (QED) is 0.313. The Morgan fingerprint density at radius 1 is 1.00 bits per heavy atom. The number of rotatable bonds is 6. The number of aromatic nitrogens is 2. The van der Waals surface area contributed by atoms with Crippen LogP contribution in [0.1, 0.15) is 16.7 Å². The normalized spacial score (nSPS) is 10.7. The maximum Gasteiger partial charge on any atom is 0.269 e. The Morgan fingerprint density at radius 3 is 2.53 bits per heavy atom. The summed E-state index contributed by atoms with van der Waals surface area (Å²) in [6, 6.07) is 19.8. The summed E-state index contributed by atoms with van der Waals surface area (Å²) in [7, 11) is 0. The first-order valence-electron chi connectivity index (χ1n) is 9.37. The van der Waals surface area contributed by atoms with Crippen molar-refractivity contribution in [3.63, 3.8) is 0 Å². The van der Waals surface area contributed by atoms with E-state index in [4.69, 9.17) is 9.26 Å². The van der Waals surface area contributed by atoms with E-state index in [1.165, 1.54) is 17.7 Å². The highest BCUT2D eigenvalue weighted by Gasteiger charge is 2.13. The van der Waals surface area contributed by atoms with Crippen LogP contribution in [0.5, 0.6) is 5.75 Å². The Labute approximate surface area is 173 Å². The highest BCUT2D eigenvalue weighted by molar-refractivity contribution is 5.61. The summed E-state index contributed by atoms with van der Waals surface area (Å²) in [5.41, 5.74) is 4.70. The van der Waals surface area contributed by atoms with Crippen molar-refractivity contribution >= 4 is 5.69 Å². The van der Waals surface area contributed by atoms with Crippen LogP contribution in [0.3, 0.4) is 0 Å². The molecule has 7 nitrogen and oxygen atoms in total. The van der Waals surface area contributed by atoms with Gasteiger partial charge in [0.05, 0.1) is 4.92 Å². The number of ether oxygens (including phenoxy) is 1. The summed E-state index contributed by atoms with van der Waals surface area (Å²) >= 11 is 0. The maximum atomic E-state index is 10.8. The molecular weight excluding hydrogens is 382 g/mol. The summed E-state index contributed by atoms with van der Waals surface area (Å²) < 4.78 is 11.3. The van der Waals surface area contributed by atoms with Crippen LogP contribution >= 0.6 is 0 Å². The monoisotopic (exact) mass is 401 g/mol. The molecule has 7 heteroatoms. The lowest BCUT2D eigenvalue weighted by Gasteiger charge is -2.10.